The van der Waals surface area contributed by atoms with Crippen LogP contribution in [0.25, 0.3) is 0 Å². The van der Waals surface area contributed by atoms with E-state index in [1.165, 1.54) is 0 Å². The molecule has 7 nitrogen and oxygen atoms in total. The largest absolute Gasteiger partial charge is 0.478 e. The number of carboxylic acid groups (broad SMARTS) is 1. The van der Waals surface area contributed by atoms with Crippen LogP contribution in [-0.2, 0) is 0 Å². The van der Waals surface area contributed by atoms with Crippen LogP contribution >= 0.6 is 0 Å². The second-order valence-electron chi connectivity index (χ2n) is 5.26. The van der Waals surface area contributed by atoms with Crippen molar-refractivity contribution in [3.8, 4) is 0 Å². The predicted octanol–water partition coefficient (Wildman–Crippen LogP) is 2.85. The first-order valence-corrected chi connectivity index (χ1v) is 7.19. The monoisotopic (exact) mass is 293 g/mol. The summed E-state index contributed by atoms with van der Waals surface area (Å²) in [6.45, 7) is 2.84. The molecule has 1 unspecified atom stereocenters. The predicted molar refractivity (Wildman–Crippen MR) is 77.7 cm³/mol. The van der Waals surface area contributed by atoms with E-state index in [9.17, 15) is 20.0 Å². The van der Waals surface area contributed by atoms with Gasteiger partial charge in [-0.25, -0.2) is 9.78 Å². The molecule has 7 heteroatoms. The third-order valence-electron chi connectivity index (χ3n) is 3.81. The fourth-order valence-electron chi connectivity index (χ4n) is 2.85. The summed E-state index contributed by atoms with van der Waals surface area (Å²) in [5.41, 5.74) is -0.382. The Morgan fingerprint density at radius 1 is 1.57 bits per heavy atom. The normalized spacial score (nSPS) is 18.5. The van der Waals surface area contributed by atoms with E-state index in [1.54, 1.807) is 0 Å². The summed E-state index contributed by atoms with van der Waals surface area (Å²) in [6, 6.07) is 1.36. The molecule has 1 aromatic heterocycles. The maximum atomic E-state index is 11.4. The van der Waals surface area contributed by atoms with Gasteiger partial charge in [-0.2, -0.15) is 0 Å². The summed E-state index contributed by atoms with van der Waals surface area (Å²) in [4.78, 5) is 27.7. The molecule has 1 aliphatic heterocycles. The van der Waals surface area contributed by atoms with Gasteiger partial charge < -0.3 is 10.0 Å². The van der Waals surface area contributed by atoms with Crippen LogP contribution in [0.2, 0.25) is 0 Å². The zero-order valence-corrected chi connectivity index (χ0v) is 12.0. The van der Waals surface area contributed by atoms with E-state index in [0.29, 0.717) is 5.82 Å². The first-order chi connectivity index (χ1) is 10.0. The molecule has 1 fully saturated rings. The van der Waals surface area contributed by atoms with Crippen molar-refractivity contribution in [3.63, 3.8) is 0 Å². The zero-order valence-electron chi connectivity index (χ0n) is 12.0. The van der Waals surface area contributed by atoms with Gasteiger partial charge in [0.25, 0.3) is 5.69 Å². The molecule has 1 aromatic rings. The lowest BCUT2D eigenvalue weighted by Crippen LogP contribution is -2.40. The summed E-state index contributed by atoms with van der Waals surface area (Å²) in [6.07, 6.45) is 6.23. The second kappa shape index (κ2) is 6.51. The molecule has 2 heterocycles. The summed E-state index contributed by atoms with van der Waals surface area (Å²) < 4.78 is 0. The number of pyridine rings is 1. The van der Waals surface area contributed by atoms with Gasteiger partial charge in [-0.1, -0.05) is 13.3 Å². The third kappa shape index (κ3) is 3.29. The molecule has 114 valence electrons. The minimum atomic E-state index is -1.18. The number of nitrogens with zero attached hydrogens (tertiary/aromatic N) is 3. The number of anilines is 1. The fourth-order valence-corrected chi connectivity index (χ4v) is 2.85. The lowest BCUT2D eigenvalue weighted by Gasteiger charge is -2.37. The van der Waals surface area contributed by atoms with Gasteiger partial charge in [0.1, 0.15) is 17.6 Å². The Balaban J connectivity index is 2.41. The van der Waals surface area contributed by atoms with Crippen LogP contribution in [0.1, 0.15) is 49.4 Å². The number of aromatic carboxylic acids is 1. The third-order valence-corrected chi connectivity index (χ3v) is 3.81. The summed E-state index contributed by atoms with van der Waals surface area (Å²) in [7, 11) is 0. The molecule has 0 aliphatic carbocycles. The Morgan fingerprint density at radius 2 is 2.33 bits per heavy atom. The molecule has 1 saturated heterocycles. The molecule has 0 bridgehead atoms. The zero-order chi connectivity index (χ0) is 15.4. The molecular formula is C14H19N3O4. The highest BCUT2D eigenvalue weighted by Gasteiger charge is 2.28. The quantitative estimate of drug-likeness (QED) is 0.662. The Morgan fingerprint density at radius 3 is 2.95 bits per heavy atom. The van der Waals surface area contributed by atoms with Crippen LogP contribution in [0.3, 0.4) is 0 Å². The molecule has 1 aliphatic rings. The number of hydrogen-bond acceptors (Lipinski definition) is 5. The number of carboxylic acids is 1. The molecule has 0 saturated carbocycles. The highest BCUT2D eigenvalue weighted by atomic mass is 16.6. The van der Waals surface area contributed by atoms with Crippen LogP contribution in [0.4, 0.5) is 11.5 Å². The van der Waals surface area contributed by atoms with Gasteiger partial charge >= 0.3 is 5.97 Å². The molecular weight excluding hydrogens is 274 g/mol. The Labute approximate surface area is 122 Å². The maximum Gasteiger partial charge on any atom is 0.339 e. The number of piperidine rings is 1. The molecule has 0 radical (unpaired) electrons. The Bertz CT molecular complexity index is 545. The van der Waals surface area contributed by atoms with Gasteiger partial charge in [0.05, 0.1) is 4.92 Å². The van der Waals surface area contributed by atoms with E-state index in [1.807, 2.05) is 4.90 Å². The average molecular weight is 293 g/mol. The summed E-state index contributed by atoms with van der Waals surface area (Å²) >= 11 is 0. The number of hydrogen-bond donors (Lipinski definition) is 1. The van der Waals surface area contributed by atoms with Crippen molar-refractivity contribution < 1.29 is 14.8 Å². The summed E-state index contributed by atoms with van der Waals surface area (Å²) in [5, 5.41) is 20.1. The van der Waals surface area contributed by atoms with E-state index in [2.05, 4.69) is 11.9 Å². The number of carbonyl (C=O) groups is 1. The van der Waals surface area contributed by atoms with Gasteiger partial charge in [0, 0.05) is 18.7 Å². The van der Waals surface area contributed by atoms with Crippen molar-refractivity contribution >= 4 is 17.5 Å². The van der Waals surface area contributed by atoms with E-state index < -0.39 is 10.9 Å². The molecule has 0 spiro atoms. The Hall–Kier alpha value is -2.18. The smallest absolute Gasteiger partial charge is 0.339 e. The van der Waals surface area contributed by atoms with Crippen LogP contribution in [-0.4, -0.2) is 33.6 Å². The van der Waals surface area contributed by atoms with Crippen LogP contribution in [0, 0.1) is 10.1 Å². The number of rotatable bonds is 5. The number of aromatic nitrogens is 1. The standard InChI is InChI=1S/C14H19N3O4/c1-2-5-10-6-3-4-7-16(10)13-12(14(18)19)8-11(9-15-13)17(20)21/h8-10H,2-7H2,1H3,(H,18,19). The SMILES string of the molecule is CCCC1CCCCN1c1ncc([N+](=O)[O-])cc1C(=O)O. The molecule has 0 aromatic carbocycles. The van der Waals surface area contributed by atoms with Crippen LogP contribution in [0.15, 0.2) is 12.3 Å². The number of nitro groups is 1. The molecule has 2 rings (SSSR count). The Kier molecular flexibility index (Phi) is 4.72. The van der Waals surface area contributed by atoms with Gasteiger partial charge in [-0.3, -0.25) is 10.1 Å². The molecule has 0 amide bonds. The minimum absolute atomic E-state index is 0.0906. The molecule has 21 heavy (non-hydrogen) atoms. The lowest BCUT2D eigenvalue weighted by atomic mass is 9.97. The maximum absolute atomic E-state index is 11.4. The lowest BCUT2D eigenvalue weighted by molar-refractivity contribution is -0.385. The van der Waals surface area contributed by atoms with Crippen LogP contribution < -0.4 is 4.90 Å². The molecule has 1 atom stereocenters. The van der Waals surface area contributed by atoms with Gasteiger partial charge in [-0.15, -0.1) is 0 Å². The fraction of sp³-hybridized carbons (Fsp3) is 0.571. The average Bonchev–Trinajstić information content (AvgIpc) is 2.47. The minimum Gasteiger partial charge on any atom is -0.478 e. The first-order valence-electron chi connectivity index (χ1n) is 7.19. The van der Waals surface area contributed by atoms with Crippen molar-refractivity contribution in [2.24, 2.45) is 0 Å². The van der Waals surface area contributed by atoms with E-state index in [0.717, 1.165) is 50.9 Å². The van der Waals surface area contributed by atoms with E-state index in [-0.39, 0.29) is 17.3 Å². The highest BCUT2D eigenvalue weighted by Crippen LogP contribution is 2.30. The van der Waals surface area contributed by atoms with Crippen molar-refractivity contribution in [2.45, 2.75) is 45.1 Å². The van der Waals surface area contributed by atoms with Crippen molar-refractivity contribution in [3.05, 3.63) is 27.9 Å². The van der Waals surface area contributed by atoms with Gasteiger partial charge in [0.15, 0.2) is 0 Å². The highest BCUT2D eigenvalue weighted by molar-refractivity contribution is 5.94. The van der Waals surface area contributed by atoms with E-state index in [4.69, 9.17) is 0 Å². The van der Waals surface area contributed by atoms with Gasteiger partial charge in [0.2, 0.25) is 0 Å². The first kappa shape index (κ1) is 15.2. The second-order valence-corrected chi connectivity index (χ2v) is 5.26. The topological polar surface area (TPSA) is 96.6 Å². The van der Waals surface area contributed by atoms with Crippen molar-refractivity contribution in [2.75, 3.05) is 11.4 Å². The van der Waals surface area contributed by atoms with Crippen LogP contribution in [0.5, 0.6) is 0 Å². The van der Waals surface area contributed by atoms with Crippen molar-refractivity contribution in [1.29, 1.82) is 0 Å². The van der Waals surface area contributed by atoms with Crippen molar-refractivity contribution in [1.82, 2.24) is 4.98 Å². The van der Waals surface area contributed by atoms with E-state index >= 15 is 0 Å². The molecule has 1 N–H and O–H groups in total. The summed E-state index contributed by atoms with van der Waals surface area (Å²) in [5.74, 6) is -0.826. The van der Waals surface area contributed by atoms with Gasteiger partial charge in [-0.05, 0) is 25.7 Å².